The number of piperidine rings is 1. The van der Waals surface area contributed by atoms with Gasteiger partial charge in [0.25, 0.3) is 5.91 Å². The molecule has 1 amide bonds. The number of aryl methyl sites for hydroxylation is 1. The molecule has 0 radical (unpaired) electrons. The molecule has 1 aliphatic rings. The van der Waals surface area contributed by atoms with Gasteiger partial charge in [-0.3, -0.25) is 4.79 Å². The maximum absolute atomic E-state index is 12.5. The zero-order valence-corrected chi connectivity index (χ0v) is 11.7. The van der Waals surface area contributed by atoms with Gasteiger partial charge in [0.05, 0.1) is 12.6 Å². The lowest BCUT2D eigenvalue weighted by molar-refractivity contribution is 0.0546. The van der Waals surface area contributed by atoms with E-state index < -0.39 is 0 Å². The van der Waals surface area contributed by atoms with Gasteiger partial charge < -0.3 is 15.7 Å². The lowest BCUT2D eigenvalue weighted by atomic mass is 10.0. The van der Waals surface area contributed by atoms with E-state index in [4.69, 9.17) is 5.73 Å². The van der Waals surface area contributed by atoms with Crippen LogP contribution in [0.1, 0.15) is 34.3 Å². The molecule has 1 aliphatic heterocycles. The molecule has 1 aromatic rings. The van der Waals surface area contributed by atoms with Crippen LogP contribution in [0.3, 0.4) is 0 Å². The van der Waals surface area contributed by atoms with E-state index >= 15 is 0 Å². The third kappa shape index (κ3) is 3.60. The summed E-state index contributed by atoms with van der Waals surface area (Å²) in [5.41, 5.74) is 7.85. The molecular weight excluding hydrogens is 252 g/mol. The maximum Gasteiger partial charge on any atom is 0.253 e. The van der Waals surface area contributed by atoms with Crippen molar-refractivity contribution in [2.45, 2.75) is 25.9 Å². The van der Waals surface area contributed by atoms with Crippen LogP contribution in [0.2, 0.25) is 0 Å². The summed E-state index contributed by atoms with van der Waals surface area (Å²) in [6, 6.07) is 5.63. The highest BCUT2D eigenvalue weighted by Gasteiger charge is 2.22. The Morgan fingerprint density at radius 1 is 1.40 bits per heavy atom. The maximum atomic E-state index is 12.5. The van der Waals surface area contributed by atoms with Gasteiger partial charge in [0.1, 0.15) is 0 Å². The molecule has 1 saturated heterocycles. The Labute approximate surface area is 119 Å². The Hall–Kier alpha value is -1.83. The Balaban J connectivity index is 2.19. The topological polar surface area (TPSA) is 66.6 Å². The molecule has 1 heterocycles. The number of likely N-dealkylation sites (tertiary alicyclic amines) is 1. The highest BCUT2D eigenvalue weighted by molar-refractivity contribution is 5.94. The van der Waals surface area contributed by atoms with Crippen LogP contribution < -0.4 is 5.73 Å². The van der Waals surface area contributed by atoms with Gasteiger partial charge in [-0.1, -0.05) is 11.8 Å². The Morgan fingerprint density at radius 2 is 2.10 bits per heavy atom. The van der Waals surface area contributed by atoms with Gasteiger partial charge in [0.2, 0.25) is 0 Å². The number of carbonyl (C=O) groups excluding carboxylic acids is 1. The van der Waals surface area contributed by atoms with Crippen molar-refractivity contribution >= 4 is 5.91 Å². The summed E-state index contributed by atoms with van der Waals surface area (Å²) < 4.78 is 0. The Kier molecular flexibility index (Phi) is 4.78. The van der Waals surface area contributed by atoms with E-state index in [2.05, 4.69) is 11.8 Å². The second-order valence-electron chi connectivity index (χ2n) is 5.12. The van der Waals surface area contributed by atoms with Crippen molar-refractivity contribution in [1.29, 1.82) is 0 Å². The standard InChI is InChI=1S/C16H20N2O2/c1-12-9-13(3-2-6-17)11-14(10-12)16(20)18-7-4-15(19)5-8-18/h9-11,15,19H,4-8,17H2,1H3. The molecule has 0 atom stereocenters. The Morgan fingerprint density at radius 3 is 2.75 bits per heavy atom. The van der Waals surface area contributed by atoms with Crippen molar-refractivity contribution in [2.75, 3.05) is 19.6 Å². The lowest BCUT2D eigenvalue weighted by Crippen LogP contribution is -2.40. The summed E-state index contributed by atoms with van der Waals surface area (Å²) in [5.74, 6) is 5.78. The smallest absolute Gasteiger partial charge is 0.253 e. The van der Waals surface area contributed by atoms with E-state index in [1.165, 1.54) is 0 Å². The lowest BCUT2D eigenvalue weighted by Gasteiger charge is -2.29. The van der Waals surface area contributed by atoms with Crippen LogP contribution in [0.4, 0.5) is 0 Å². The van der Waals surface area contributed by atoms with Gasteiger partial charge >= 0.3 is 0 Å². The fraction of sp³-hybridized carbons (Fsp3) is 0.438. The first kappa shape index (κ1) is 14.6. The largest absolute Gasteiger partial charge is 0.393 e. The van der Waals surface area contributed by atoms with Gasteiger partial charge in [0.15, 0.2) is 0 Å². The molecule has 0 bridgehead atoms. The second-order valence-corrected chi connectivity index (χ2v) is 5.12. The number of aliphatic hydroxyl groups is 1. The molecule has 20 heavy (non-hydrogen) atoms. The normalized spacial score (nSPS) is 15.7. The number of rotatable bonds is 1. The number of hydrogen-bond donors (Lipinski definition) is 2. The number of hydrogen-bond acceptors (Lipinski definition) is 3. The van der Waals surface area contributed by atoms with Gasteiger partial charge in [-0.05, 0) is 43.5 Å². The van der Waals surface area contributed by atoms with E-state index in [-0.39, 0.29) is 12.0 Å². The molecule has 0 unspecified atom stereocenters. The molecule has 1 aromatic carbocycles. The molecule has 1 fully saturated rings. The Bertz CT molecular complexity index is 549. The van der Waals surface area contributed by atoms with Crippen LogP contribution in [0.5, 0.6) is 0 Å². The highest BCUT2D eigenvalue weighted by Crippen LogP contribution is 2.16. The number of aliphatic hydroxyl groups excluding tert-OH is 1. The van der Waals surface area contributed by atoms with Crippen molar-refractivity contribution in [2.24, 2.45) is 5.73 Å². The molecule has 4 nitrogen and oxygen atoms in total. The van der Waals surface area contributed by atoms with Crippen molar-refractivity contribution in [1.82, 2.24) is 4.90 Å². The fourth-order valence-electron chi connectivity index (χ4n) is 2.38. The minimum absolute atomic E-state index is 0.0106. The van der Waals surface area contributed by atoms with Crippen LogP contribution in [0.25, 0.3) is 0 Å². The summed E-state index contributed by atoms with van der Waals surface area (Å²) in [5, 5.41) is 9.50. The van der Waals surface area contributed by atoms with Gasteiger partial charge in [-0.25, -0.2) is 0 Å². The van der Waals surface area contributed by atoms with E-state index in [0.717, 1.165) is 11.1 Å². The first-order valence-electron chi connectivity index (χ1n) is 6.88. The predicted octanol–water partition coefficient (Wildman–Crippen LogP) is 0.902. The fourth-order valence-corrected chi connectivity index (χ4v) is 2.38. The predicted molar refractivity (Wildman–Crippen MR) is 78.3 cm³/mol. The molecule has 0 aliphatic carbocycles. The summed E-state index contributed by atoms with van der Waals surface area (Å²) in [6.45, 7) is 3.47. The van der Waals surface area contributed by atoms with Gasteiger partial charge in [-0.15, -0.1) is 0 Å². The SMILES string of the molecule is Cc1cc(C#CCN)cc(C(=O)N2CCC(O)CC2)c1. The minimum atomic E-state index is -0.275. The number of amides is 1. The van der Waals surface area contributed by atoms with E-state index in [1.54, 1.807) is 4.90 Å². The second kappa shape index (κ2) is 6.56. The number of benzene rings is 1. The van der Waals surface area contributed by atoms with Crippen molar-refractivity contribution in [3.8, 4) is 11.8 Å². The van der Waals surface area contributed by atoms with Crippen LogP contribution in [0.15, 0.2) is 18.2 Å². The zero-order chi connectivity index (χ0) is 14.5. The number of nitrogens with zero attached hydrogens (tertiary/aromatic N) is 1. The van der Waals surface area contributed by atoms with Crippen molar-refractivity contribution < 1.29 is 9.90 Å². The molecular formula is C16H20N2O2. The van der Waals surface area contributed by atoms with Crippen LogP contribution in [-0.4, -0.2) is 41.7 Å². The molecule has 2 rings (SSSR count). The van der Waals surface area contributed by atoms with Crippen LogP contribution in [-0.2, 0) is 0 Å². The minimum Gasteiger partial charge on any atom is -0.393 e. The van der Waals surface area contributed by atoms with Crippen molar-refractivity contribution in [3.05, 3.63) is 34.9 Å². The van der Waals surface area contributed by atoms with Crippen LogP contribution >= 0.6 is 0 Å². The van der Waals surface area contributed by atoms with Crippen LogP contribution in [0, 0.1) is 18.8 Å². The third-order valence-electron chi connectivity index (χ3n) is 3.41. The summed E-state index contributed by atoms with van der Waals surface area (Å²) in [7, 11) is 0. The molecule has 3 N–H and O–H groups in total. The zero-order valence-electron chi connectivity index (χ0n) is 11.7. The third-order valence-corrected chi connectivity index (χ3v) is 3.41. The number of carbonyl (C=O) groups is 1. The summed E-state index contributed by atoms with van der Waals surface area (Å²) >= 11 is 0. The monoisotopic (exact) mass is 272 g/mol. The van der Waals surface area contributed by atoms with Gasteiger partial charge in [-0.2, -0.15) is 0 Å². The van der Waals surface area contributed by atoms with Crippen molar-refractivity contribution in [3.63, 3.8) is 0 Å². The molecule has 106 valence electrons. The summed E-state index contributed by atoms with van der Waals surface area (Å²) in [6.07, 6.45) is 1.02. The average Bonchev–Trinajstić information content (AvgIpc) is 2.44. The van der Waals surface area contributed by atoms with E-state index in [1.807, 2.05) is 25.1 Å². The first-order chi connectivity index (χ1) is 9.60. The highest BCUT2D eigenvalue weighted by atomic mass is 16.3. The summed E-state index contributed by atoms with van der Waals surface area (Å²) in [4.78, 5) is 14.2. The van der Waals surface area contributed by atoms with E-state index in [0.29, 0.717) is 38.0 Å². The quantitative estimate of drug-likeness (QED) is 0.747. The van der Waals surface area contributed by atoms with E-state index in [9.17, 15) is 9.90 Å². The molecule has 4 heteroatoms. The van der Waals surface area contributed by atoms with Gasteiger partial charge in [0, 0.05) is 24.2 Å². The molecule has 0 saturated carbocycles. The number of nitrogens with two attached hydrogens (primary N) is 1. The average molecular weight is 272 g/mol. The molecule has 0 spiro atoms. The molecule has 0 aromatic heterocycles. The first-order valence-corrected chi connectivity index (χ1v) is 6.88.